The molecule has 1 aliphatic heterocycles. The molecular weight excluding hydrogens is 359 g/mol. The van der Waals surface area contributed by atoms with E-state index in [0.717, 1.165) is 12.8 Å². The molecule has 0 radical (unpaired) electrons. The highest BCUT2D eigenvalue weighted by molar-refractivity contribution is 5.94. The van der Waals surface area contributed by atoms with E-state index in [1.54, 1.807) is 31.3 Å². The number of aryl methyl sites for hydroxylation is 1. The molecule has 1 N–H and O–H groups in total. The SMILES string of the molecule is Cc1ncncc1C(=O)N1CCC[C@H](CCC(=O)NCc2ccccc2F)C1. The van der Waals surface area contributed by atoms with Crippen LogP contribution in [0.3, 0.4) is 0 Å². The smallest absolute Gasteiger partial charge is 0.257 e. The van der Waals surface area contributed by atoms with Gasteiger partial charge in [0.15, 0.2) is 0 Å². The minimum Gasteiger partial charge on any atom is -0.352 e. The number of carbonyl (C=O) groups excluding carboxylic acids is 2. The van der Waals surface area contributed by atoms with Gasteiger partial charge in [-0.15, -0.1) is 0 Å². The lowest BCUT2D eigenvalue weighted by molar-refractivity contribution is -0.121. The third kappa shape index (κ3) is 5.12. The summed E-state index contributed by atoms with van der Waals surface area (Å²) in [4.78, 5) is 34.7. The predicted octanol–water partition coefficient (Wildman–Crippen LogP) is 2.87. The second-order valence-corrected chi connectivity index (χ2v) is 7.19. The van der Waals surface area contributed by atoms with Gasteiger partial charge >= 0.3 is 0 Å². The van der Waals surface area contributed by atoms with Crippen molar-refractivity contribution < 1.29 is 14.0 Å². The number of hydrogen-bond acceptors (Lipinski definition) is 4. The van der Waals surface area contributed by atoms with Gasteiger partial charge in [-0.1, -0.05) is 18.2 Å². The Morgan fingerprint density at radius 1 is 1.32 bits per heavy atom. The molecule has 0 bridgehead atoms. The maximum absolute atomic E-state index is 13.6. The molecule has 1 aromatic heterocycles. The van der Waals surface area contributed by atoms with E-state index in [1.165, 1.54) is 12.4 Å². The van der Waals surface area contributed by atoms with Crippen LogP contribution >= 0.6 is 0 Å². The van der Waals surface area contributed by atoms with Crippen molar-refractivity contribution in [2.24, 2.45) is 5.92 Å². The summed E-state index contributed by atoms with van der Waals surface area (Å²) >= 11 is 0. The lowest BCUT2D eigenvalue weighted by Crippen LogP contribution is -2.40. The van der Waals surface area contributed by atoms with Crippen LogP contribution in [-0.4, -0.2) is 39.8 Å². The Morgan fingerprint density at radius 2 is 2.14 bits per heavy atom. The van der Waals surface area contributed by atoms with Crippen molar-refractivity contribution in [3.8, 4) is 0 Å². The molecule has 0 saturated carbocycles. The lowest BCUT2D eigenvalue weighted by Gasteiger charge is -2.33. The molecule has 148 valence electrons. The van der Waals surface area contributed by atoms with Crippen molar-refractivity contribution >= 4 is 11.8 Å². The van der Waals surface area contributed by atoms with E-state index in [0.29, 0.717) is 42.8 Å². The fourth-order valence-electron chi connectivity index (χ4n) is 3.52. The Labute approximate surface area is 164 Å². The molecule has 1 saturated heterocycles. The highest BCUT2D eigenvalue weighted by Gasteiger charge is 2.26. The Hall–Kier alpha value is -2.83. The average Bonchev–Trinajstić information content (AvgIpc) is 2.72. The minimum atomic E-state index is -0.315. The monoisotopic (exact) mass is 384 g/mol. The summed E-state index contributed by atoms with van der Waals surface area (Å²) < 4.78 is 13.6. The molecule has 1 aliphatic rings. The molecule has 0 unspecified atom stereocenters. The van der Waals surface area contributed by atoms with Crippen molar-refractivity contribution in [1.82, 2.24) is 20.2 Å². The van der Waals surface area contributed by atoms with Crippen LogP contribution < -0.4 is 5.32 Å². The number of aromatic nitrogens is 2. The van der Waals surface area contributed by atoms with Crippen LogP contribution in [0.1, 0.15) is 47.3 Å². The number of carbonyl (C=O) groups is 2. The zero-order valence-corrected chi connectivity index (χ0v) is 16.0. The van der Waals surface area contributed by atoms with Gasteiger partial charge in [-0.05, 0) is 38.2 Å². The summed E-state index contributed by atoms with van der Waals surface area (Å²) in [5.41, 5.74) is 1.69. The number of nitrogens with zero attached hydrogens (tertiary/aromatic N) is 3. The Balaban J connectivity index is 1.47. The van der Waals surface area contributed by atoms with Crippen molar-refractivity contribution in [1.29, 1.82) is 0 Å². The number of likely N-dealkylation sites (tertiary alicyclic amines) is 1. The number of rotatable bonds is 6. The first-order chi connectivity index (χ1) is 13.5. The fraction of sp³-hybridized carbons (Fsp3) is 0.429. The Bertz CT molecular complexity index is 843. The first-order valence-corrected chi connectivity index (χ1v) is 9.60. The van der Waals surface area contributed by atoms with Crippen LogP contribution in [-0.2, 0) is 11.3 Å². The standard InChI is InChI=1S/C21H25FN4O2/c1-15-18(12-23-14-25-15)21(28)26-10-4-5-16(13-26)8-9-20(27)24-11-17-6-2-3-7-19(17)22/h2-3,6-7,12,14,16H,4-5,8-11,13H2,1H3,(H,24,27)/t16-/m1/s1. The molecule has 6 nitrogen and oxygen atoms in total. The highest BCUT2D eigenvalue weighted by Crippen LogP contribution is 2.23. The minimum absolute atomic E-state index is 0.0493. The van der Waals surface area contributed by atoms with Crippen molar-refractivity contribution in [2.45, 2.75) is 39.2 Å². The van der Waals surface area contributed by atoms with Gasteiger partial charge in [-0.3, -0.25) is 9.59 Å². The van der Waals surface area contributed by atoms with Gasteiger partial charge in [0.1, 0.15) is 12.1 Å². The van der Waals surface area contributed by atoms with Crippen LogP contribution in [0.4, 0.5) is 4.39 Å². The molecule has 0 aliphatic carbocycles. The van der Waals surface area contributed by atoms with E-state index < -0.39 is 0 Å². The summed E-state index contributed by atoms with van der Waals surface area (Å²) in [5, 5.41) is 2.77. The van der Waals surface area contributed by atoms with Crippen LogP contribution in [0.5, 0.6) is 0 Å². The zero-order chi connectivity index (χ0) is 19.9. The van der Waals surface area contributed by atoms with E-state index >= 15 is 0 Å². The lowest BCUT2D eigenvalue weighted by atomic mass is 9.92. The summed E-state index contributed by atoms with van der Waals surface area (Å²) in [5.74, 6) is -0.183. The second-order valence-electron chi connectivity index (χ2n) is 7.19. The first-order valence-electron chi connectivity index (χ1n) is 9.60. The molecule has 1 atom stereocenters. The normalized spacial score (nSPS) is 16.6. The molecule has 0 spiro atoms. The van der Waals surface area contributed by atoms with Crippen LogP contribution in [0.25, 0.3) is 0 Å². The number of piperidine rings is 1. The molecule has 2 amide bonds. The van der Waals surface area contributed by atoms with E-state index in [2.05, 4.69) is 15.3 Å². The number of benzene rings is 1. The molecule has 2 aromatic rings. The maximum atomic E-state index is 13.6. The first kappa shape index (κ1) is 19.9. The van der Waals surface area contributed by atoms with Gasteiger partial charge in [0.2, 0.25) is 5.91 Å². The fourth-order valence-corrected chi connectivity index (χ4v) is 3.52. The molecule has 1 aromatic carbocycles. The molecule has 3 rings (SSSR count). The summed E-state index contributed by atoms with van der Waals surface area (Å²) in [6, 6.07) is 6.42. The van der Waals surface area contributed by atoms with Crippen LogP contribution in [0.2, 0.25) is 0 Å². The number of nitrogens with one attached hydrogen (secondary N) is 1. The van der Waals surface area contributed by atoms with E-state index in [1.807, 2.05) is 4.90 Å². The summed E-state index contributed by atoms with van der Waals surface area (Å²) in [6.07, 6.45) is 5.98. The van der Waals surface area contributed by atoms with Crippen molar-refractivity contribution in [2.75, 3.05) is 13.1 Å². The largest absolute Gasteiger partial charge is 0.352 e. The second kappa shape index (κ2) is 9.39. The number of hydrogen-bond donors (Lipinski definition) is 1. The summed E-state index contributed by atoms with van der Waals surface area (Å²) in [7, 11) is 0. The quantitative estimate of drug-likeness (QED) is 0.831. The average molecular weight is 384 g/mol. The third-order valence-electron chi connectivity index (χ3n) is 5.16. The van der Waals surface area contributed by atoms with Gasteiger partial charge in [0.05, 0.1) is 11.3 Å². The molecule has 1 fully saturated rings. The number of amides is 2. The molecular formula is C21H25FN4O2. The van der Waals surface area contributed by atoms with Gasteiger partial charge in [0.25, 0.3) is 5.91 Å². The van der Waals surface area contributed by atoms with E-state index in [4.69, 9.17) is 0 Å². The molecule has 2 heterocycles. The van der Waals surface area contributed by atoms with Gasteiger partial charge in [0, 0.05) is 37.8 Å². The van der Waals surface area contributed by atoms with Crippen LogP contribution in [0, 0.1) is 18.7 Å². The highest BCUT2D eigenvalue weighted by atomic mass is 19.1. The maximum Gasteiger partial charge on any atom is 0.257 e. The van der Waals surface area contributed by atoms with Gasteiger partial charge in [-0.2, -0.15) is 0 Å². The van der Waals surface area contributed by atoms with Crippen molar-refractivity contribution in [3.05, 3.63) is 59.4 Å². The van der Waals surface area contributed by atoms with E-state index in [9.17, 15) is 14.0 Å². The Morgan fingerprint density at radius 3 is 2.93 bits per heavy atom. The van der Waals surface area contributed by atoms with Gasteiger partial charge < -0.3 is 10.2 Å². The van der Waals surface area contributed by atoms with Gasteiger partial charge in [-0.25, -0.2) is 14.4 Å². The van der Waals surface area contributed by atoms with Crippen LogP contribution in [0.15, 0.2) is 36.8 Å². The molecule has 7 heteroatoms. The topological polar surface area (TPSA) is 75.2 Å². The predicted molar refractivity (Wildman–Crippen MR) is 103 cm³/mol. The molecule has 28 heavy (non-hydrogen) atoms. The Kier molecular flexibility index (Phi) is 6.68. The number of halogens is 1. The zero-order valence-electron chi connectivity index (χ0n) is 16.0. The summed E-state index contributed by atoms with van der Waals surface area (Å²) in [6.45, 7) is 3.33. The van der Waals surface area contributed by atoms with Crippen molar-refractivity contribution in [3.63, 3.8) is 0 Å². The van der Waals surface area contributed by atoms with E-state index in [-0.39, 0.29) is 30.1 Å². The third-order valence-corrected chi connectivity index (χ3v) is 5.16.